The van der Waals surface area contributed by atoms with Gasteiger partial charge in [0.05, 0.1) is 4.75 Å². The molecule has 24 heavy (non-hydrogen) atoms. The third-order valence-corrected chi connectivity index (χ3v) is 6.74. The second kappa shape index (κ2) is 11.5. The van der Waals surface area contributed by atoms with Crippen LogP contribution in [0, 0.1) is 0 Å². The van der Waals surface area contributed by atoms with Gasteiger partial charge in [-0.15, -0.1) is 24.0 Å². The lowest BCUT2D eigenvalue weighted by molar-refractivity contribution is 0.0756. The smallest absolute Gasteiger partial charge is 0.191 e. The number of hydrogen-bond donors (Lipinski definition) is 2. The Bertz CT molecular complexity index is 477. The Morgan fingerprint density at radius 3 is 2.42 bits per heavy atom. The number of unbranched alkanes of at least 4 members (excludes halogenated alkanes) is 2. The maximum absolute atomic E-state index is 12.2. The van der Waals surface area contributed by atoms with Crippen molar-refractivity contribution in [2.45, 2.75) is 63.2 Å². The Kier molecular flexibility index (Phi) is 11.5. The van der Waals surface area contributed by atoms with Gasteiger partial charge in [0.1, 0.15) is 0 Å². The van der Waals surface area contributed by atoms with E-state index in [-0.39, 0.29) is 24.0 Å². The quantitative estimate of drug-likeness (QED) is 0.244. The van der Waals surface area contributed by atoms with E-state index in [0.717, 1.165) is 6.42 Å². The number of sulfone groups is 1. The number of halogens is 1. The van der Waals surface area contributed by atoms with Gasteiger partial charge in [0.2, 0.25) is 0 Å². The highest BCUT2D eigenvalue weighted by atomic mass is 127. The SMILES string of the molecule is CCCCCC(C)NC(=NC)NCC1(S(C)(=O)=O)CCOCC1.I. The molecule has 1 aliphatic heterocycles. The molecule has 8 heteroatoms. The molecule has 1 heterocycles. The third-order valence-electron chi connectivity index (χ3n) is 4.62. The van der Waals surface area contributed by atoms with Gasteiger partial charge >= 0.3 is 0 Å². The Hall–Kier alpha value is -0.0900. The molecule has 0 aliphatic carbocycles. The molecule has 1 unspecified atom stereocenters. The zero-order valence-electron chi connectivity index (χ0n) is 15.4. The first-order chi connectivity index (χ1) is 10.8. The van der Waals surface area contributed by atoms with Crippen molar-refractivity contribution in [2.75, 3.05) is 33.1 Å². The van der Waals surface area contributed by atoms with Crippen LogP contribution in [0.25, 0.3) is 0 Å². The molecule has 0 bridgehead atoms. The molecule has 0 amide bonds. The molecule has 6 nitrogen and oxygen atoms in total. The van der Waals surface area contributed by atoms with Gasteiger partial charge in [-0.25, -0.2) is 8.42 Å². The fraction of sp³-hybridized carbons (Fsp3) is 0.938. The van der Waals surface area contributed by atoms with Gasteiger partial charge in [-0.2, -0.15) is 0 Å². The minimum Gasteiger partial charge on any atom is -0.381 e. The van der Waals surface area contributed by atoms with E-state index in [1.54, 1.807) is 7.05 Å². The van der Waals surface area contributed by atoms with E-state index in [2.05, 4.69) is 29.5 Å². The van der Waals surface area contributed by atoms with Gasteiger partial charge < -0.3 is 15.4 Å². The van der Waals surface area contributed by atoms with Crippen molar-refractivity contribution >= 4 is 39.8 Å². The van der Waals surface area contributed by atoms with Crippen LogP contribution in [0.3, 0.4) is 0 Å². The first kappa shape index (κ1) is 23.9. The predicted octanol–water partition coefficient (Wildman–Crippen LogP) is 2.33. The first-order valence-electron chi connectivity index (χ1n) is 8.59. The minimum atomic E-state index is -3.16. The van der Waals surface area contributed by atoms with E-state index in [9.17, 15) is 8.42 Å². The van der Waals surface area contributed by atoms with Crippen LogP contribution in [-0.4, -0.2) is 58.2 Å². The summed E-state index contributed by atoms with van der Waals surface area (Å²) in [4.78, 5) is 4.22. The summed E-state index contributed by atoms with van der Waals surface area (Å²) in [5, 5.41) is 6.56. The molecule has 0 spiro atoms. The maximum atomic E-state index is 12.2. The van der Waals surface area contributed by atoms with Crippen LogP contribution >= 0.6 is 24.0 Å². The lowest BCUT2D eigenvalue weighted by Crippen LogP contribution is -2.54. The summed E-state index contributed by atoms with van der Waals surface area (Å²) in [7, 11) is -1.45. The second-order valence-corrected chi connectivity index (χ2v) is 8.94. The Morgan fingerprint density at radius 1 is 1.29 bits per heavy atom. The zero-order chi connectivity index (χ0) is 17.3. The number of rotatable bonds is 8. The van der Waals surface area contributed by atoms with Crippen molar-refractivity contribution in [3.8, 4) is 0 Å². The summed E-state index contributed by atoms with van der Waals surface area (Å²) in [6.45, 7) is 5.68. The average molecular weight is 475 g/mol. The van der Waals surface area contributed by atoms with Gasteiger partial charge in [-0.3, -0.25) is 4.99 Å². The van der Waals surface area contributed by atoms with Crippen LogP contribution in [0.15, 0.2) is 4.99 Å². The van der Waals surface area contributed by atoms with Crippen molar-refractivity contribution in [1.29, 1.82) is 0 Å². The van der Waals surface area contributed by atoms with Gasteiger partial charge in [0, 0.05) is 39.1 Å². The lowest BCUT2D eigenvalue weighted by atomic mass is 9.99. The molecule has 0 aromatic rings. The largest absolute Gasteiger partial charge is 0.381 e. The monoisotopic (exact) mass is 475 g/mol. The van der Waals surface area contributed by atoms with Gasteiger partial charge in [0.25, 0.3) is 0 Å². The number of nitrogens with zero attached hydrogens (tertiary/aromatic N) is 1. The Balaban J connectivity index is 0.00000529. The predicted molar refractivity (Wildman–Crippen MR) is 111 cm³/mol. The molecule has 1 rings (SSSR count). The Labute approximate surface area is 164 Å². The highest BCUT2D eigenvalue weighted by Gasteiger charge is 2.42. The number of guanidine groups is 1. The van der Waals surface area contributed by atoms with Crippen LogP contribution in [0.1, 0.15) is 52.4 Å². The second-order valence-electron chi connectivity index (χ2n) is 6.53. The van der Waals surface area contributed by atoms with Crippen LogP contribution in [0.2, 0.25) is 0 Å². The highest BCUT2D eigenvalue weighted by Crippen LogP contribution is 2.28. The van der Waals surface area contributed by atoms with Crippen molar-refractivity contribution in [3.63, 3.8) is 0 Å². The van der Waals surface area contributed by atoms with E-state index in [1.165, 1.54) is 25.5 Å². The Morgan fingerprint density at radius 2 is 1.92 bits per heavy atom. The molecule has 144 valence electrons. The van der Waals surface area contributed by atoms with Gasteiger partial charge in [0.15, 0.2) is 15.8 Å². The number of aliphatic imine (C=N–C) groups is 1. The molecule has 1 aliphatic rings. The fourth-order valence-corrected chi connectivity index (χ4v) is 4.11. The topological polar surface area (TPSA) is 79.8 Å². The first-order valence-corrected chi connectivity index (χ1v) is 10.5. The molecule has 0 radical (unpaired) electrons. The zero-order valence-corrected chi connectivity index (χ0v) is 18.6. The van der Waals surface area contributed by atoms with E-state index in [0.29, 0.717) is 44.6 Å². The maximum Gasteiger partial charge on any atom is 0.191 e. The van der Waals surface area contributed by atoms with Crippen LogP contribution < -0.4 is 10.6 Å². The van der Waals surface area contributed by atoms with E-state index in [4.69, 9.17) is 4.74 Å². The summed E-state index contributed by atoms with van der Waals surface area (Å²) in [6, 6.07) is 0.316. The van der Waals surface area contributed by atoms with Crippen molar-refractivity contribution in [3.05, 3.63) is 0 Å². The number of ether oxygens (including phenoxy) is 1. The number of hydrogen-bond acceptors (Lipinski definition) is 4. The van der Waals surface area contributed by atoms with E-state index in [1.807, 2.05) is 0 Å². The molecule has 1 atom stereocenters. The standard InChI is InChI=1S/C16H33N3O3S.HI/c1-5-6-7-8-14(2)19-15(17-3)18-13-16(23(4,20)21)9-11-22-12-10-16;/h14H,5-13H2,1-4H3,(H2,17,18,19);1H. The third kappa shape index (κ3) is 7.43. The van der Waals surface area contributed by atoms with E-state index >= 15 is 0 Å². The normalized spacial score (nSPS) is 19.2. The van der Waals surface area contributed by atoms with Gasteiger partial charge in [-0.05, 0) is 26.2 Å². The summed E-state index contributed by atoms with van der Waals surface area (Å²) >= 11 is 0. The van der Waals surface area contributed by atoms with Crippen LogP contribution in [0.4, 0.5) is 0 Å². The molecular formula is C16H34IN3O3S. The summed E-state index contributed by atoms with van der Waals surface area (Å²) in [5.41, 5.74) is 0. The van der Waals surface area contributed by atoms with E-state index < -0.39 is 14.6 Å². The van der Waals surface area contributed by atoms with Crippen molar-refractivity contribution < 1.29 is 13.2 Å². The molecule has 0 aromatic heterocycles. The highest BCUT2D eigenvalue weighted by molar-refractivity contribution is 14.0. The molecule has 1 fully saturated rings. The minimum absolute atomic E-state index is 0. The molecule has 0 saturated carbocycles. The number of nitrogens with one attached hydrogen (secondary N) is 2. The lowest BCUT2D eigenvalue weighted by Gasteiger charge is -2.36. The van der Waals surface area contributed by atoms with Crippen molar-refractivity contribution in [2.24, 2.45) is 4.99 Å². The van der Waals surface area contributed by atoms with Crippen LogP contribution in [0.5, 0.6) is 0 Å². The molecule has 0 aromatic carbocycles. The molecule has 1 saturated heterocycles. The van der Waals surface area contributed by atoms with Crippen LogP contribution in [-0.2, 0) is 14.6 Å². The summed E-state index contributed by atoms with van der Waals surface area (Å²) in [5.74, 6) is 0.670. The van der Waals surface area contributed by atoms with Crippen molar-refractivity contribution in [1.82, 2.24) is 10.6 Å². The average Bonchev–Trinajstić information content (AvgIpc) is 2.51. The fourth-order valence-electron chi connectivity index (χ4n) is 2.87. The molecular weight excluding hydrogens is 441 g/mol. The summed E-state index contributed by atoms with van der Waals surface area (Å²) < 4.78 is 29.1. The molecule has 2 N–H and O–H groups in total. The summed E-state index contributed by atoms with van der Waals surface area (Å²) in [6.07, 6.45) is 7.09. The van der Waals surface area contributed by atoms with Gasteiger partial charge in [-0.1, -0.05) is 26.2 Å².